The summed E-state index contributed by atoms with van der Waals surface area (Å²) in [7, 11) is 2.15. The Morgan fingerprint density at radius 1 is 1.32 bits per heavy atom. The van der Waals surface area contributed by atoms with Crippen LogP contribution in [0.2, 0.25) is 0 Å². The number of esters is 1. The molecule has 5 nitrogen and oxygen atoms in total. The number of ether oxygens (including phenoxy) is 3. The van der Waals surface area contributed by atoms with Crippen molar-refractivity contribution in [1.82, 2.24) is 0 Å². The lowest BCUT2D eigenvalue weighted by atomic mass is 10.1. The average molecular weight is 275 g/mol. The van der Waals surface area contributed by atoms with Gasteiger partial charge in [0.25, 0.3) is 0 Å². The van der Waals surface area contributed by atoms with E-state index in [2.05, 4.69) is 14.2 Å². The minimum Gasteiger partial charge on any atom is -0.493 e. The summed E-state index contributed by atoms with van der Waals surface area (Å²) in [6, 6.07) is 3.67. The summed E-state index contributed by atoms with van der Waals surface area (Å²) in [5, 5.41) is 8.90. The molecule has 0 fully saturated rings. The molecule has 0 aliphatic carbocycles. The number of hydrogen-bond acceptors (Lipinski definition) is 5. The number of benzene rings is 1. The zero-order valence-corrected chi connectivity index (χ0v) is 9.87. The van der Waals surface area contributed by atoms with Gasteiger partial charge in [0.15, 0.2) is 11.5 Å². The molecule has 0 N–H and O–H groups in total. The zero-order valence-electron chi connectivity index (χ0n) is 9.87. The summed E-state index contributed by atoms with van der Waals surface area (Å²) >= 11 is 0. The molecule has 1 rings (SSSR count). The molecule has 102 valence electrons. The Kier molecular flexibility index (Phi) is 4.22. The molecule has 0 atom stereocenters. The number of nitrogens with zero attached hydrogens (tertiary/aromatic N) is 1. The van der Waals surface area contributed by atoms with E-state index in [0.29, 0.717) is 0 Å². The molecule has 0 bridgehead atoms. The van der Waals surface area contributed by atoms with Crippen LogP contribution >= 0.6 is 0 Å². The van der Waals surface area contributed by atoms with Crippen molar-refractivity contribution in [2.75, 3.05) is 14.2 Å². The molecule has 19 heavy (non-hydrogen) atoms. The average Bonchev–Trinajstić information content (AvgIpc) is 2.35. The maximum atomic E-state index is 12.3. The van der Waals surface area contributed by atoms with Gasteiger partial charge >= 0.3 is 12.3 Å². The van der Waals surface area contributed by atoms with Crippen LogP contribution in [0, 0.1) is 11.3 Å². The predicted molar refractivity (Wildman–Crippen MR) is 55.7 cm³/mol. The Morgan fingerprint density at radius 3 is 2.37 bits per heavy atom. The summed E-state index contributed by atoms with van der Waals surface area (Å²) in [6.07, 6.45) is -5.02. The molecular weight excluding hydrogens is 267 g/mol. The van der Waals surface area contributed by atoms with Gasteiger partial charge < -0.3 is 14.2 Å². The van der Waals surface area contributed by atoms with Crippen LogP contribution in [0.25, 0.3) is 0 Å². The number of methoxy groups -OCH3 is 2. The number of alkyl halides is 3. The largest absolute Gasteiger partial charge is 0.573 e. The maximum absolute atomic E-state index is 12.3. The van der Waals surface area contributed by atoms with Gasteiger partial charge in [-0.25, -0.2) is 4.79 Å². The van der Waals surface area contributed by atoms with E-state index in [9.17, 15) is 18.0 Å². The van der Waals surface area contributed by atoms with E-state index in [-0.39, 0.29) is 11.3 Å². The maximum Gasteiger partial charge on any atom is 0.573 e. The van der Waals surface area contributed by atoms with Crippen LogP contribution in [-0.4, -0.2) is 26.6 Å². The van der Waals surface area contributed by atoms with E-state index in [1.54, 1.807) is 0 Å². The standard InChI is InChI=1S/C11H8F3NO4/c1-17-8-4-3-6(10(16)18-2)7(5-15)9(8)19-11(12,13)14/h3-4H,1-2H3. The van der Waals surface area contributed by atoms with Crippen molar-refractivity contribution in [2.24, 2.45) is 0 Å². The summed E-state index contributed by atoms with van der Waals surface area (Å²) in [5.74, 6) is -2.15. The minimum absolute atomic E-state index is 0.318. The summed E-state index contributed by atoms with van der Waals surface area (Å²) in [5.41, 5.74) is -0.950. The molecule has 0 aromatic heterocycles. The fourth-order valence-corrected chi connectivity index (χ4v) is 1.33. The van der Waals surface area contributed by atoms with Crippen LogP contribution in [0.3, 0.4) is 0 Å². The number of rotatable bonds is 3. The molecular formula is C11H8F3NO4. The molecule has 1 aromatic carbocycles. The third kappa shape index (κ3) is 3.28. The van der Waals surface area contributed by atoms with Gasteiger partial charge in [0, 0.05) is 0 Å². The van der Waals surface area contributed by atoms with Crippen LogP contribution in [0.5, 0.6) is 11.5 Å². The van der Waals surface area contributed by atoms with E-state index < -0.39 is 23.6 Å². The fraction of sp³-hybridized carbons (Fsp3) is 0.273. The number of carbonyl (C=O) groups is 1. The van der Waals surface area contributed by atoms with Crippen molar-refractivity contribution >= 4 is 5.97 Å². The Balaban J connectivity index is 3.47. The van der Waals surface area contributed by atoms with E-state index >= 15 is 0 Å². The molecule has 0 amide bonds. The minimum atomic E-state index is -5.02. The van der Waals surface area contributed by atoms with Crippen molar-refractivity contribution in [1.29, 1.82) is 5.26 Å². The second-order valence-corrected chi connectivity index (χ2v) is 3.17. The Labute approximate surface area is 106 Å². The summed E-state index contributed by atoms with van der Waals surface area (Å²) < 4.78 is 49.6. The van der Waals surface area contributed by atoms with Crippen molar-refractivity contribution in [3.05, 3.63) is 23.3 Å². The molecule has 1 aromatic rings. The van der Waals surface area contributed by atoms with Gasteiger partial charge in [0.05, 0.1) is 19.8 Å². The van der Waals surface area contributed by atoms with Gasteiger partial charge in [-0.15, -0.1) is 13.2 Å². The van der Waals surface area contributed by atoms with Crippen LogP contribution < -0.4 is 9.47 Å². The van der Waals surface area contributed by atoms with Crippen LogP contribution in [0.15, 0.2) is 12.1 Å². The highest BCUT2D eigenvalue weighted by atomic mass is 19.4. The number of nitriles is 1. The fourth-order valence-electron chi connectivity index (χ4n) is 1.33. The molecule has 0 heterocycles. The molecule has 0 radical (unpaired) electrons. The molecule has 8 heteroatoms. The smallest absolute Gasteiger partial charge is 0.493 e. The number of hydrogen-bond donors (Lipinski definition) is 0. The van der Waals surface area contributed by atoms with Gasteiger partial charge in [-0.2, -0.15) is 5.26 Å². The number of carbonyl (C=O) groups excluding carboxylic acids is 1. The first-order valence-electron chi connectivity index (χ1n) is 4.79. The van der Waals surface area contributed by atoms with Crippen LogP contribution in [-0.2, 0) is 4.74 Å². The molecule has 0 spiro atoms. The topological polar surface area (TPSA) is 68.6 Å². The van der Waals surface area contributed by atoms with Gasteiger partial charge in [-0.1, -0.05) is 0 Å². The first-order valence-corrected chi connectivity index (χ1v) is 4.79. The Hall–Kier alpha value is -2.43. The number of halogens is 3. The highest BCUT2D eigenvalue weighted by Gasteiger charge is 2.35. The Bertz CT molecular complexity index is 534. The lowest BCUT2D eigenvalue weighted by Gasteiger charge is -2.15. The lowest BCUT2D eigenvalue weighted by Crippen LogP contribution is -2.19. The van der Waals surface area contributed by atoms with Gasteiger partial charge in [0.1, 0.15) is 11.6 Å². The van der Waals surface area contributed by atoms with Crippen LogP contribution in [0.4, 0.5) is 13.2 Å². The summed E-state index contributed by atoms with van der Waals surface area (Å²) in [6.45, 7) is 0. The highest BCUT2D eigenvalue weighted by Crippen LogP contribution is 2.37. The van der Waals surface area contributed by atoms with E-state index in [4.69, 9.17) is 5.26 Å². The quantitative estimate of drug-likeness (QED) is 0.791. The SMILES string of the molecule is COC(=O)c1ccc(OC)c(OC(F)(F)F)c1C#N. The van der Waals surface area contributed by atoms with Crippen molar-refractivity contribution in [3.63, 3.8) is 0 Å². The monoisotopic (exact) mass is 275 g/mol. The molecule has 0 aliphatic heterocycles. The van der Waals surface area contributed by atoms with E-state index in [0.717, 1.165) is 26.4 Å². The third-order valence-corrected chi connectivity index (χ3v) is 2.08. The zero-order chi connectivity index (χ0) is 14.6. The van der Waals surface area contributed by atoms with Crippen molar-refractivity contribution < 1.29 is 32.2 Å². The molecule has 0 saturated heterocycles. The second kappa shape index (κ2) is 5.48. The first kappa shape index (κ1) is 14.6. The lowest BCUT2D eigenvalue weighted by molar-refractivity contribution is -0.275. The predicted octanol–water partition coefficient (Wildman–Crippen LogP) is 2.25. The van der Waals surface area contributed by atoms with Crippen molar-refractivity contribution in [2.45, 2.75) is 6.36 Å². The first-order chi connectivity index (χ1) is 8.84. The van der Waals surface area contributed by atoms with Gasteiger partial charge in [0.2, 0.25) is 0 Å². The third-order valence-electron chi connectivity index (χ3n) is 2.08. The summed E-state index contributed by atoms with van der Waals surface area (Å²) in [4.78, 5) is 11.4. The van der Waals surface area contributed by atoms with Gasteiger partial charge in [-0.3, -0.25) is 0 Å². The van der Waals surface area contributed by atoms with Crippen molar-refractivity contribution in [3.8, 4) is 17.6 Å². The van der Waals surface area contributed by atoms with E-state index in [1.165, 1.54) is 6.07 Å². The second-order valence-electron chi connectivity index (χ2n) is 3.17. The highest BCUT2D eigenvalue weighted by molar-refractivity contribution is 5.93. The van der Waals surface area contributed by atoms with Gasteiger partial charge in [-0.05, 0) is 12.1 Å². The Morgan fingerprint density at radius 2 is 1.95 bits per heavy atom. The van der Waals surface area contributed by atoms with Crippen LogP contribution in [0.1, 0.15) is 15.9 Å². The normalized spacial score (nSPS) is 10.5. The molecule has 0 aliphatic rings. The van der Waals surface area contributed by atoms with E-state index in [1.807, 2.05) is 0 Å². The molecule has 0 saturated carbocycles. The molecule has 0 unspecified atom stereocenters.